The highest BCUT2D eigenvalue weighted by atomic mass is 35.5. The van der Waals surface area contributed by atoms with Crippen molar-refractivity contribution in [2.45, 2.75) is 18.1 Å². The normalized spacial score (nSPS) is 31.7. The maximum Gasteiger partial charge on any atom is 0.129 e. The van der Waals surface area contributed by atoms with E-state index in [1.165, 1.54) is 5.56 Å². The van der Waals surface area contributed by atoms with E-state index in [1.807, 2.05) is 42.5 Å². The Hall–Kier alpha value is -1.09. The second-order valence-corrected chi connectivity index (χ2v) is 4.41. The quantitative estimate of drug-likeness (QED) is 0.549. The molecule has 0 saturated carbocycles. The van der Waals surface area contributed by atoms with Crippen molar-refractivity contribution in [3.05, 3.63) is 59.2 Å². The van der Waals surface area contributed by atoms with Gasteiger partial charge in [0.25, 0.3) is 0 Å². The number of halogens is 1. The molecular weight excluding hydrogens is 224 g/mol. The molecule has 2 nitrogen and oxygen atoms in total. The molecule has 0 saturated heterocycles. The Morgan fingerprint density at radius 2 is 1.62 bits per heavy atom. The third kappa shape index (κ3) is 1.80. The first-order valence-electron chi connectivity index (χ1n) is 5.27. The summed E-state index contributed by atoms with van der Waals surface area (Å²) < 4.78 is 0. The minimum atomic E-state index is -0.0476. The van der Waals surface area contributed by atoms with Crippen LogP contribution in [0, 0.1) is 0 Å². The number of rotatable bonds is 1. The molecule has 2 bridgehead atoms. The Balaban J connectivity index is 1.95. The van der Waals surface area contributed by atoms with Crippen molar-refractivity contribution in [3.8, 4) is 0 Å². The highest BCUT2D eigenvalue weighted by Gasteiger charge is 2.27. The molecule has 1 aromatic carbocycles. The summed E-state index contributed by atoms with van der Waals surface area (Å²) in [4.78, 5) is 10.5. The van der Waals surface area contributed by atoms with Gasteiger partial charge < -0.3 is 0 Å². The van der Waals surface area contributed by atoms with Crippen molar-refractivity contribution >= 4 is 11.6 Å². The Labute approximate surface area is 99.1 Å². The fourth-order valence-corrected chi connectivity index (χ4v) is 2.14. The molecule has 16 heavy (non-hydrogen) atoms. The van der Waals surface area contributed by atoms with Crippen molar-refractivity contribution in [3.63, 3.8) is 0 Å². The van der Waals surface area contributed by atoms with Gasteiger partial charge in [-0.05, 0) is 17.7 Å². The van der Waals surface area contributed by atoms with Gasteiger partial charge >= 0.3 is 0 Å². The smallest absolute Gasteiger partial charge is 0.129 e. The third-order valence-corrected chi connectivity index (χ3v) is 3.14. The number of benzene rings is 1. The van der Waals surface area contributed by atoms with Gasteiger partial charge in [0.05, 0.1) is 0 Å². The molecule has 0 radical (unpaired) electrons. The summed E-state index contributed by atoms with van der Waals surface area (Å²) in [7, 11) is 0. The molecule has 3 aliphatic rings. The molecule has 1 unspecified atom stereocenters. The van der Waals surface area contributed by atoms with E-state index in [0.29, 0.717) is 0 Å². The summed E-state index contributed by atoms with van der Waals surface area (Å²) >= 11 is 5.87. The molecule has 1 aromatic rings. The summed E-state index contributed by atoms with van der Waals surface area (Å²) in [6.07, 6.45) is 8.12. The van der Waals surface area contributed by atoms with Crippen LogP contribution in [0.4, 0.5) is 0 Å². The highest BCUT2D eigenvalue weighted by Crippen LogP contribution is 2.31. The lowest BCUT2D eigenvalue weighted by atomic mass is 9.93. The van der Waals surface area contributed by atoms with Crippen LogP contribution in [-0.4, -0.2) is 12.2 Å². The first kappa shape index (κ1) is 10.1. The van der Waals surface area contributed by atoms with Crippen LogP contribution in [-0.2, 0) is 9.78 Å². The molecular formula is C13H11ClO2. The summed E-state index contributed by atoms with van der Waals surface area (Å²) in [6.45, 7) is 0. The van der Waals surface area contributed by atoms with Gasteiger partial charge in [-0.25, -0.2) is 9.78 Å². The topological polar surface area (TPSA) is 18.5 Å². The lowest BCUT2D eigenvalue weighted by Gasteiger charge is -2.22. The monoisotopic (exact) mass is 234 g/mol. The van der Waals surface area contributed by atoms with Gasteiger partial charge in [0.1, 0.15) is 12.2 Å². The van der Waals surface area contributed by atoms with Crippen LogP contribution < -0.4 is 0 Å². The van der Waals surface area contributed by atoms with E-state index in [4.69, 9.17) is 21.4 Å². The maximum absolute atomic E-state index is 5.87. The maximum atomic E-state index is 5.87. The second-order valence-electron chi connectivity index (χ2n) is 3.97. The van der Waals surface area contributed by atoms with Crippen LogP contribution in [0.2, 0.25) is 5.02 Å². The van der Waals surface area contributed by atoms with Crippen LogP contribution in [0.15, 0.2) is 48.6 Å². The van der Waals surface area contributed by atoms with Gasteiger partial charge in [0, 0.05) is 10.9 Å². The Bertz CT molecular complexity index is 436. The van der Waals surface area contributed by atoms with E-state index in [-0.39, 0.29) is 18.1 Å². The number of hydrogen-bond acceptors (Lipinski definition) is 2. The molecule has 2 heterocycles. The fraction of sp³-hybridized carbons (Fsp3) is 0.231. The molecule has 0 fully saturated rings. The van der Waals surface area contributed by atoms with Crippen molar-refractivity contribution in [2.75, 3.05) is 0 Å². The van der Waals surface area contributed by atoms with E-state index < -0.39 is 0 Å². The van der Waals surface area contributed by atoms with Crippen molar-refractivity contribution in [1.82, 2.24) is 0 Å². The molecule has 3 atom stereocenters. The molecule has 82 valence electrons. The van der Waals surface area contributed by atoms with Crippen LogP contribution in [0.5, 0.6) is 0 Å². The van der Waals surface area contributed by atoms with E-state index in [1.54, 1.807) is 0 Å². The van der Waals surface area contributed by atoms with Crippen molar-refractivity contribution < 1.29 is 9.78 Å². The zero-order chi connectivity index (χ0) is 11.0. The molecule has 0 aromatic heterocycles. The van der Waals surface area contributed by atoms with Crippen LogP contribution >= 0.6 is 11.6 Å². The largest absolute Gasteiger partial charge is 0.227 e. The first-order chi connectivity index (χ1) is 7.83. The van der Waals surface area contributed by atoms with Crippen LogP contribution in [0.3, 0.4) is 0 Å². The average molecular weight is 235 g/mol. The van der Waals surface area contributed by atoms with Gasteiger partial charge in [-0.3, -0.25) is 0 Å². The predicted molar refractivity (Wildman–Crippen MR) is 62.2 cm³/mol. The summed E-state index contributed by atoms with van der Waals surface area (Å²) in [5.74, 6) is 0.195. The SMILES string of the molecule is Clc1ccc(C2C=C[C@@H]3C=C[C@H]2OO3)cc1. The molecule has 2 aliphatic heterocycles. The number of hydrogen-bond donors (Lipinski definition) is 0. The molecule has 3 heteroatoms. The summed E-state index contributed by atoms with van der Waals surface area (Å²) in [5.41, 5.74) is 1.18. The van der Waals surface area contributed by atoms with E-state index in [2.05, 4.69) is 6.08 Å². The molecule has 1 aliphatic carbocycles. The second kappa shape index (κ2) is 4.06. The number of fused-ring (bicyclic) bond motifs is 2. The Kier molecular flexibility index (Phi) is 2.56. The lowest BCUT2D eigenvalue weighted by Crippen LogP contribution is -2.22. The van der Waals surface area contributed by atoms with Gasteiger partial charge in [-0.15, -0.1) is 0 Å². The first-order valence-corrected chi connectivity index (χ1v) is 5.65. The molecule has 0 spiro atoms. The molecule has 0 N–H and O–H groups in total. The van der Waals surface area contributed by atoms with E-state index in [9.17, 15) is 0 Å². The predicted octanol–water partition coefficient (Wildman–Crippen LogP) is 3.25. The van der Waals surface area contributed by atoms with Crippen molar-refractivity contribution in [2.24, 2.45) is 0 Å². The van der Waals surface area contributed by atoms with Gasteiger partial charge in [-0.1, -0.05) is 48.0 Å². The van der Waals surface area contributed by atoms with Crippen molar-refractivity contribution in [1.29, 1.82) is 0 Å². The Morgan fingerprint density at radius 3 is 2.31 bits per heavy atom. The highest BCUT2D eigenvalue weighted by molar-refractivity contribution is 6.30. The lowest BCUT2D eigenvalue weighted by molar-refractivity contribution is -0.329. The summed E-state index contributed by atoms with van der Waals surface area (Å²) in [6, 6.07) is 7.83. The minimum absolute atomic E-state index is 0.0452. The van der Waals surface area contributed by atoms with Gasteiger partial charge in [-0.2, -0.15) is 0 Å². The zero-order valence-electron chi connectivity index (χ0n) is 8.55. The zero-order valence-corrected chi connectivity index (χ0v) is 9.30. The standard InChI is InChI=1S/C13H11ClO2/c14-10-3-1-9(2-4-10)12-7-5-11-6-8-13(12)16-15-11/h1-8,11-13H/t11-,12?,13-/m1/s1. The molecule has 4 rings (SSSR count). The Morgan fingerprint density at radius 1 is 0.875 bits per heavy atom. The van der Waals surface area contributed by atoms with Crippen LogP contribution in [0.25, 0.3) is 0 Å². The van der Waals surface area contributed by atoms with Crippen LogP contribution in [0.1, 0.15) is 11.5 Å². The van der Waals surface area contributed by atoms with Gasteiger partial charge in [0.2, 0.25) is 0 Å². The third-order valence-electron chi connectivity index (χ3n) is 2.89. The van der Waals surface area contributed by atoms with E-state index >= 15 is 0 Å². The fourth-order valence-electron chi connectivity index (χ4n) is 2.01. The molecule has 0 amide bonds. The minimum Gasteiger partial charge on any atom is -0.227 e. The average Bonchev–Trinajstić information content (AvgIpc) is 2.64. The van der Waals surface area contributed by atoms with E-state index in [0.717, 1.165) is 5.02 Å². The van der Waals surface area contributed by atoms with Gasteiger partial charge in [0.15, 0.2) is 0 Å². The summed E-state index contributed by atoms with van der Waals surface area (Å²) in [5, 5.41) is 0.748.